The Hall–Kier alpha value is -7.25. The number of ether oxygens (including phenoxy) is 1. The molecule has 6 amide bonds. The smallest absolute Gasteiger partial charge is 0.410 e. The van der Waals surface area contributed by atoms with Crippen molar-refractivity contribution in [1.82, 2.24) is 39.3 Å². The van der Waals surface area contributed by atoms with Gasteiger partial charge in [0.15, 0.2) is 6.61 Å². The lowest BCUT2D eigenvalue weighted by Gasteiger charge is -2.45. The van der Waals surface area contributed by atoms with E-state index in [2.05, 4.69) is 60.4 Å². The number of halogens is 3. The zero-order chi connectivity index (χ0) is 68.6. The zero-order valence-corrected chi connectivity index (χ0v) is 58.5. The van der Waals surface area contributed by atoms with Crippen LogP contribution in [0.5, 0.6) is 0 Å². The first-order valence-electron chi connectivity index (χ1n) is 35.9. The number of hydrogen-bond donors (Lipinski definition) is 0. The zero-order valence-electron chi connectivity index (χ0n) is 58.5. The average molecular weight is 1340 g/mol. The number of anilines is 4. The highest BCUT2D eigenvalue weighted by Gasteiger charge is 2.51. The molecule has 21 heteroatoms. The first-order valence-corrected chi connectivity index (χ1v) is 35.9. The van der Waals surface area contributed by atoms with Gasteiger partial charge >= 0.3 is 18.2 Å². The van der Waals surface area contributed by atoms with Gasteiger partial charge in [0.05, 0.1) is 0 Å². The minimum absolute atomic E-state index is 0.0272. The third kappa shape index (κ3) is 15.9. The van der Waals surface area contributed by atoms with Gasteiger partial charge in [0.25, 0.3) is 0 Å². The number of urea groups is 2. The number of piperidine rings is 6. The van der Waals surface area contributed by atoms with Gasteiger partial charge in [-0.1, -0.05) is 25.7 Å². The van der Waals surface area contributed by atoms with Crippen LogP contribution in [-0.2, 0) is 30.6 Å². The van der Waals surface area contributed by atoms with Crippen LogP contribution in [0.1, 0.15) is 140 Å². The third-order valence-electron chi connectivity index (χ3n) is 22.9. The summed E-state index contributed by atoms with van der Waals surface area (Å²) in [6.07, 6.45) is 18.7. The van der Waals surface area contributed by atoms with Crippen LogP contribution in [0.25, 0.3) is 0 Å². The SMILES string of the molecule is CCC(=O)CCN1CCC(N2CCC3(CC2)CN(C(C)=O)c2ccc(F)cc23)CC1.CCCC#CCOC(=O)N1CCC(N2CCC3(CC2)CN(C(=O)N(C)C)c2ccc(F)cc23)CC1.CN(C)C(=O)N1CC2(CCN(C3CCN(c4ccncc4)CC3)CC2)c2cc(F)ccc21. The summed E-state index contributed by atoms with van der Waals surface area (Å²) in [6.45, 7) is 20.0. The number of aromatic nitrogens is 1. The minimum atomic E-state index is -0.276. The number of unbranched alkanes of at least 4 members (excludes halogenated alkanes) is 1. The number of fused-ring (bicyclic) bond motifs is 6. The van der Waals surface area contributed by atoms with E-state index in [1.165, 1.54) is 23.9 Å². The number of nitrogens with zero attached hydrogens (tertiary/aromatic N) is 12. The van der Waals surface area contributed by atoms with Crippen LogP contribution >= 0.6 is 0 Å². The number of Topliss-reactive ketones (excluding diaryl/α,β-unsaturated/α-hetero) is 1. The monoisotopic (exact) mass is 1340 g/mol. The van der Waals surface area contributed by atoms with E-state index in [0.717, 1.165) is 196 Å². The quantitative estimate of drug-likeness (QED) is 0.139. The number of benzene rings is 3. The summed E-state index contributed by atoms with van der Waals surface area (Å²) in [7, 11) is 7.05. The van der Waals surface area contributed by atoms with Gasteiger partial charge in [0.1, 0.15) is 23.2 Å². The average Bonchev–Trinajstić information content (AvgIpc) is 1.61. The molecule has 13 rings (SSSR count). The summed E-state index contributed by atoms with van der Waals surface area (Å²) in [5, 5.41) is 0. The Morgan fingerprint density at radius 1 is 0.536 bits per heavy atom. The van der Waals surface area contributed by atoms with Crippen molar-refractivity contribution in [1.29, 1.82) is 0 Å². The highest BCUT2D eigenvalue weighted by Crippen LogP contribution is 2.51. The van der Waals surface area contributed by atoms with Gasteiger partial charge in [-0.05, 0) is 219 Å². The van der Waals surface area contributed by atoms with E-state index in [0.29, 0.717) is 69.5 Å². The summed E-state index contributed by atoms with van der Waals surface area (Å²) in [4.78, 5) is 88.9. The highest BCUT2D eigenvalue weighted by atomic mass is 19.1. The first-order chi connectivity index (χ1) is 46.7. The van der Waals surface area contributed by atoms with Gasteiger partial charge in [0.2, 0.25) is 5.91 Å². The van der Waals surface area contributed by atoms with Crippen LogP contribution in [0.4, 0.5) is 50.3 Å². The molecule has 0 bridgehead atoms. The molecule has 10 heterocycles. The van der Waals surface area contributed by atoms with E-state index in [9.17, 15) is 37.1 Å². The number of hydrogen-bond acceptors (Lipinski definition) is 12. The van der Waals surface area contributed by atoms with Crippen molar-refractivity contribution in [2.45, 2.75) is 158 Å². The van der Waals surface area contributed by atoms with E-state index in [1.54, 1.807) is 91.1 Å². The Balaban J connectivity index is 0.000000148. The second-order valence-electron chi connectivity index (χ2n) is 29.1. The van der Waals surface area contributed by atoms with Gasteiger partial charge in [0, 0.05) is 176 Å². The lowest BCUT2D eigenvalue weighted by atomic mass is 9.74. The Morgan fingerprint density at radius 2 is 0.938 bits per heavy atom. The summed E-state index contributed by atoms with van der Waals surface area (Å²) in [5.74, 6) is 5.59. The molecule has 0 N–H and O–H groups in total. The number of carbonyl (C=O) groups is 5. The lowest BCUT2D eigenvalue weighted by molar-refractivity contribution is -0.119. The van der Waals surface area contributed by atoms with E-state index < -0.39 is 0 Å². The van der Waals surface area contributed by atoms with Crippen molar-refractivity contribution >= 4 is 52.6 Å². The molecule has 0 saturated carbocycles. The molecule has 524 valence electrons. The van der Waals surface area contributed by atoms with Crippen molar-refractivity contribution in [3.8, 4) is 11.8 Å². The predicted molar refractivity (Wildman–Crippen MR) is 375 cm³/mol. The molecule has 6 fully saturated rings. The molecule has 97 heavy (non-hydrogen) atoms. The molecule has 6 saturated heterocycles. The van der Waals surface area contributed by atoms with Crippen molar-refractivity contribution in [3.63, 3.8) is 0 Å². The Labute approximate surface area is 573 Å². The largest absolute Gasteiger partial charge is 0.436 e. The van der Waals surface area contributed by atoms with Crippen molar-refractivity contribution in [2.24, 2.45) is 0 Å². The molecule has 18 nitrogen and oxygen atoms in total. The molecule has 0 atom stereocenters. The number of carbonyl (C=O) groups excluding carboxylic acids is 5. The maximum absolute atomic E-state index is 14.2. The number of ketones is 1. The fraction of sp³-hybridized carbons (Fsp3) is 0.605. The standard InChI is InChI=1S/C27H37FN4O3.C25H32FN5O.C24H34FN3O2/c1-4-5-6-7-18-35-26(34)31-14-10-22(11-15-31)30-16-12-27(13-17-30)20-32(25(33)29(2)3)24-9-8-21(28)19-23(24)27;1-28(2)24(32)31-18-25(22-17-19(26)3-4-23(22)31)9-15-30(16-10-25)21-7-13-29(14-8-21)20-5-11-27-12-6-20;1-3-21(30)8-13-26-11-6-20(7-12-26)27-14-9-24(10-15-27)17-28(18(2)29)23-5-4-19(25)16-22(23)24/h8-9,19,22H,4-5,10-18,20H2,1-3H3;3-6,11-12,17,21H,7-10,13-16,18H2,1-2H3;4-5,16,20H,3,6-15,17H2,1-2H3. The second-order valence-corrected chi connectivity index (χ2v) is 29.1. The molecular weight excluding hydrogens is 1230 g/mol. The van der Waals surface area contributed by atoms with Crippen LogP contribution < -0.4 is 19.6 Å². The third-order valence-corrected chi connectivity index (χ3v) is 22.9. The maximum Gasteiger partial charge on any atom is 0.410 e. The Kier molecular flexibility index (Phi) is 22.9. The highest BCUT2D eigenvalue weighted by molar-refractivity contribution is 5.96. The molecule has 0 aliphatic carbocycles. The summed E-state index contributed by atoms with van der Waals surface area (Å²) >= 11 is 0. The van der Waals surface area contributed by atoms with E-state index in [4.69, 9.17) is 4.74 Å². The fourth-order valence-electron chi connectivity index (χ4n) is 17.1. The molecule has 4 aromatic rings. The van der Waals surface area contributed by atoms with Gasteiger partial charge in [-0.2, -0.15) is 0 Å². The van der Waals surface area contributed by atoms with E-state index in [-0.39, 0.29) is 64.4 Å². The Morgan fingerprint density at radius 3 is 1.34 bits per heavy atom. The summed E-state index contributed by atoms with van der Waals surface area (Å²) in [5.41, 5.74) is 6.41. The van der Waals surface area contributed by atoms with E-state index >= 15 is 0 Å². The second kappa shape index (κ2) is 31.3. The summed E-state index contributed by atoms with van der Waals surface area (Å²) in [6, 6.07) is 20.3. The van der Waals surface area contributed by atoms with Crippen LogP contribution in [0.3, 0.4) is 0 Å². The predicted octanol–water partition coefficient (Wildman–Crippen LogP) is 11.1. The number of amides is 6. The van der Waals surface area contributed by atoms with Crippen molar-refractivity contribution < 1.29 is 41.9 Å². The molecular formula is C76H103F3N12O6. The summed E-state index contributed by atoms with van der Waals surface area (Å²) < 4.78 is 47.7. The molecule has 1 aromatic heterocycles. The molecule has 9 aliphatic heterocycles. The minimum Gasteiger partial charge on any atom is -0.436 e. The van der Waals surface area contributed by atoms with Gasteiger partial charge < -0.3 is 48.8 Å². The van der Waals surface area contributed by atoms with E-state index in [1.807, 2.05) is 29.1 Å². The first kappa shape index (κ1) is 71.0. The maximum atomic E-state index is 14.2. The molecule has 3 aromatic carbocycles. The number of likely N-dealkylation sites (tertiary alicyclic amines) is 5. The van der Waals surface area contributed by atoms with Gasteiger partial charge in [-0.25, -0.2) is 27.6 Å². The normalized spacial score (nSPS) is 21.0. The molecule has 9 aliphatic rings. The van der Waals surface area contributed by atoms with Crippen LogP contribution in [0, 0.1) is 29.3 Å². The number of rotatable bonds is 10. The molecule has 3 spiro atoms. The van der Waals surface area contributed by atoms with Gasteiger partial charge in [-0.3, -0.25) is 24.4 Å². The van der Waals surface area contributed by atoms with Crippen molar-refractivity contribution in [3.05, 3.63) is 113 Å². The van der Waals surface area contributed by atoms with Crippen LogP contribution in [-0.4, -0.2) is 227 Å². The van der Waals surface area contributed by atoms with Crippen LogP contribution in [0.15, 0.2) is 79.1 Å². The molecule has 0 radical (unpaired) electrons. The lowest BCUT2D eigenvalue weighted by Crippen LogP contribution is -2.52. The van der Waals surface area contributed by atoms with Crippen LogP contribution in [0.2, 0.25) is 0 Å². The Bertz CT molecular complexity index is 3460. The van der Waals surface area contributed by atoms with Gasteiger partial charge in [-0.15, -0.1) is 0 Å². The van der Waals surface area contributed by atoms with Crippen molar-refractivity contribution in [2.75, 3.05) is 159 Å². The molecule has 0 unspecified atom stereocenters. The topological polar surface area (TPSA) is 143 Å². The fourth-order valence-corrected chi connectivity index (χ4v) is 17.1. The number of pyridine rings is 1.